The molecular weight excluding hydrogens is 311 g/mol. The Labute approximate surface area is 140 Å². The van der Waals surface area contributed by atoms with Crippen LogP contribution >= 0.6 is 0 Å². The number of carbonyl (C=O) groups excluding carboxylic acids is 2. The molecule has 5 nitrogen and oxygen atoms in total. The lowest BCUT2D eigenvalue weighted by atomic mass is 10.2. The third kappa shape index (κ3) is 4.32. The van der Waals surface area contributed by atoms with Gasteiger partial charge in [-0.1, -0.05) is 12.1 Å². The fourth-order valence-electron chi connectivity index (χ4n) is 1.97. The molecule has 1 atom stereocenters. The van der Waals surface area contributed by atoms with Crippen molar-refractivity contribution in [1.29, 1.82) is 0 Å². The lowest BCUT2D eigenvalue weighted by molar-refractivity contribution is -0.123. The van der Waals surface area contributed by atoms with E-state index >= 15 is 0 Å². The van der Waals surface area contributed by atoms with Gasteiger partial charge in [-0.3, -0.25) is 4.79 Å². The number of carbonyl (C=O) groups is 2. The number of amides is 1. The number of anilines is 2. The molecule has 0 saturated heterocycles. The Morgan fingerprint density at radius 1 is 1.08 bits per heavy atom. The van der Waals surface area contributed by atoms with Gasteiger partial charge >= 0.3 is 5.97 Å². The molecule has 0 aliphatic rings. The number of halogens is 1. The van der Waals surface area contributed by atoms with Crippen molar-refractivity contribution in [1.82, 2.24) is 0 Å². The van der Waals surface area contributed by atoms with Crippen LogP contribution in [-0.4, -0.2) is 32.1 Å². The molecule has 126 valence electrons. The highest BCUT2D eigenvalue weighted by molar-refractivity contribution is 5.97. The van der Waals surface area contributed by atoms with Gasteiger partial charge in [0.15, 0.2) is 6.10 Å². The number of hydrogen-bond acceptors (Lipinski definition) is 4. The van der Waals surface area contributed by atoms with Gasteiger partial charge in [0.1, 0.15) is 5.82 Å². The van der Waals surface area contributed by atoms with Crippen molar-refractivity contribution in [3.8, 4) is 0 Å². The van der Waals surface area contributed by atoms with Crippen LogP contribution in [0.25, 0.3) is 0 Å². The van der Waals surface area contributed by atoms with E-state index in [-0.39, 0.29) is 5.69 Å². The fourth-order valence-corrected chi connectivity index (χ4v) is 1.97. The minimum Gasteiger partial charge on any atom is -0.449 e. The highest BCUT2D eigenvalue weighted by Crippen LogP contribution is 2.15. The molecule has 24 heavy (non-hydrogen) atoms. The Hall–Kier alpha value is -2.89. The zero-order valence-corrected chi connectivity index (χ0v) is 13.7. The van der Waals surface area contributed by atoms with Crippen LogP contribution in [0.2, 0.25) is 0 Å². The molecule has 0 aliphatic heterocycles. The minimum atomic E-state index is -1.05. The molecule has 6 heteroatoms. The van der Waals surface area contributed by atoms with Gasteiger partial charge in [0.05, 0.1) is 11.3 Å². The van der Waals surface area contributed by atoms with Crippen LogP contribution in [0.1, 0.15) is 17.3 Å². The second kappa shape index (κ2) is 7.59. The van der Waals surface area contributed by atoms with Gasteiger partial charge in [-0.2, -0.15) is 0 Å². The Morgan fingerprint density at radius 3 is 2.29 bits per heavy atom. The van der Waals surface area contributed by atoms with E-state index in [1.54, 1.807) is 30.3 Å². The van der Waals surface area contributed by atoms with Crippen LogP contribution in [0.3, 0.4) is 0 Å². The minimum absolute atomic E-state index is 0.0423. The number of nitrogens with zero attached hydrogens (tertiary/aromatic N) is 1. The van der Waals surface area contributed by atoms with Crippen molar-refractivity contribution in [3.05, 3.63) is 59.9 Å². The van der Waals surface area contributed by atoms with Crippen molar-refractivity contribution < 1.29 is 18.7 Å². The zero-order valence-electron chi connectivity index (χ0n) is 13.7. The first kappa shape index (κ1) is 17.5. The van der Waals surface area contributed by atoms with E-state index in [9.17, 15) is 14.0 Å². The molecule has 0 unspecified atom stereocenters. The molecule has 0 aliphatic carbocycles. The largest absolute Gasteiger partial charge is 0.449 e. The van der Waals surface area contributed by atoms with E-state index in [1.807, 2.05) is 19.0 Å². The maximum atomic E-state index is 13.5. The molecule has 2 aromatic carbocycles. The highest BCUT2D eigenvalue weighted by Gasteiger charge is 2.20. The quantitative estimate of drug-likeness (QED) is 0.856. The fraction of sp³-hybridized carbons (Fsp3) is 0.222. The average molecular weight is 330 g/mol. The number of nitrogens with one attached hydrogen (secondary N) is 1. The Morgan fingerprint density at radius 2 is 1.71 bits per heavy atom. The van der Waals surface area contributed by atoms with E-state index in [4.69, 9.17) is 4.74 Å². The summed E-state index contributed by atoms with van der Waals surface area (Å²) in [5.41, 5.74) is 1.32. The first-order valence-electron chi connectivity index (χ1n) is 7.42. The Balaban J connectivity index is 1.98. The van der Waals surface area contributed by atoms with E-state index in [1.165, 1.54) is 25.1 Å². The van der Waals surface area contributed by atoms with Gasteiger partial charge in [-0.25, -0.2) is 9.18 Å². The third-order valence-corrected chi connectivity index (χ3v) is 3.40. The van der Waals surface area contributed by atoms with Gasteiger partial charge in [0, 0.05) is 19.8 Å². The maximum absolute atomic E-state index is 13.5. The van der Waals surface area contributed by atoms with Crippen molar-refractivity contribution >= 4 is 23.3 Å². The SMILES string of the molecule is C[C@@H](OC(=O)c1ccc(N(C)C)cc1)C(=O)Nc1ccccc1F. The molecule has 2 aromatic rings. The summed E-state index contributed by atoms with van der Waals surface area (Å²) in [7, 11) is 3.78. The highest BCUT2D eigenvalue weighted by atomic mass is 19.1. The predicted octanol–water partition coefficient (Wildman–Crippen LogP) is 3.08. The summed E-state index contributed by atoms with van der Waals surface area (Å²) in [4.78, 5) is 26.0. The van der Waals surface area contributed by atoms with Crippen LogP contribution in [0.15, 0.2) is 48.5 Å². The van der Waals surface area contributed by atoms with Gasteiger partial charge in [0.25, 0.3) is 5.91 Å². The number of benzene rings is 2. The number of rotatable bonds is 5. The first-order valence-corrected chi connectivity index (χ1v) is 7.42. The zero-order chi connectivity index (χ0) is 17.7. The molecule has 0 fully saturated rings. The Bertz CT molecular complexity index is 729. The smallest absolute Gasteiger partial charge is 0.338 e. The summed E-state index contributed by atoms with van der Waals surface area (Å²) in [6, 6.07) is 12.6. The average Bonchev–Trinajstić information content (AvgIpc) is 2.56. The standard InChI is InChI=1S/C18H19FN2O3/c1-12(17(22)20-16-7-5-4-6-15(16)19)24-18(23)13-8-10-14(11-9-13)21(2)3/h4-12H,1-3H3,(H,20,22)/t12-/m1/s1. The molecule has 0 bridgehead atoms. The maximum Gasteiger partial charge on any atom is 0.338 e. The molecule has 0 aromatic heterocycles. The van der Waals surface area contributed by atoms with Gasteiger partial charge in [-0.15, -0.1) is 0 Å². The van der Waals surface area contributed by atoms with Crippen molar-refractivity contribution in [2.75, 3.05) is 24.3 Å². The van der Waals surface area contributed by atoms with Gasteiger partial charge in [0.2, 0.25) is 0 Å². The van der Waals surface area contributed by atoms with E-state index < -0.39 is 23.8 Å². The van der Waals surface area contributed by atoms with Crippen LogP contribution in [0, 0.1) is 5.82 Å². The second-order valence-electron chi connectivity index (χ2n) is 5.46. The molecule has 1 N–H and O–H groups in total. The van der Waals surface area contributed by atoms with E-state index in [0.717, 1.165) is 5.69 Å². The number of para-hydroxylation sites is 1. The molecule has 0 spiro atoms. The van der Waals surface area contributed by atoms with Crippen LogP contribution in [0.5, 0.6) is 0 Å². The van der Waals surface area contributed by atoms with E-state index in [2.05, 4.69) is 5.32 Å². The van der Waals surface area contributed by atoms with Crippen LogP contribution in [-0.2, 0) is 9.53 Å². The third-order valence-electron chi connectivity index (χ3n) is 3.40. The van der Waals surface area contributed by atoms with Gasteiger partial charge < -0.3 is 15.0 Å². The molecule has 0 saturated carbocycles. The topological polar surface area (TPSA) is 58.6 Å². The predicted molar refractivity (Wildman–Crippen MR) is 90.7 cm³/mol. The van der Waals surface area contributed by atoms with Crippen LogP contribution in [0.4, 0.5) is 15.8 Å². The normalized spacial score (nSPS) is 11.5. The molecule has 0 heterocycles. The summed E-state index contributed by atoms with van der Waals surface area (Å²) in [6.45, 7) is 1.43. The van der Waals surface area contributed by atoms with Gasteiger partial charge in [-0.05, 0) is 43.3 Å². The molecule has 0 radical (unpaired) electrons. The summed E-state index contributed by atoms with van der Waals surface area (Å²) in [5.74, 6) is -1.77. The van der Waals surface area contributed by atoms with Crippen molar-refractivity contribution in [2.24, 2.45) is 0 Å². The van der Waals surface area contributed by atoms with Crippen molar-refractivity contribution in [2.45, 2.75) is 13.0 Å². The summed E-state index contributed by atoms with van der Waals surface area (Å²) in [5, 5.41) is 2.39. The Kier molecular flexibility index (Phi) is 5.52. The summed E-state index contributed by atoms with van der Waals surface area (Å²) in [6.07, 6.45) is -1.05. The number of hydrogen-bond donors (Lipinski definition) is 1. The lowest BCUT2D eigenvalue weighted by Gasteiger charge is -2.15. The monoisotopic (exact) mass is 330 g/mol. The second-order valence-corrected chi connectivity index (χ2v) is 5.46. The van der Waals surface area contributed by atoms with Crippen molar-refractivity contribution in [3.63, 3.8) is 0 Å². The summed E-state index contributed by atoms with van der Waals surface area (Å²) >= 11 is 0. The lowest BCUT2D eigenvalue weighted by Crippen LogP contribution is -2.30. The first-order chi connectivity index (χ1) is 11.4. The van der Waals surface area contributed by atoms with Crippen LogP contribution < -0.4 is 10.2 Å². The summed E-state index contributed by atoms with van der Waals surface area (Å²) < 4.78 is 18.6. The number of ether oxygens (including phenoxy) is 1. The molecular formula is C18H19FN2O3. The number of esters is 1. The molecule has 1 amide bonds. The van der Waals surface area contributed by atoms with E-state index in [0.29, 0.717) is 5.56 Å². The molecule has 2 rings (SSSR count).